The Morgan fingerprint density at radius 1 is 1.15 bits per heavy atom. The molecule has 27 heavy (non-hydrogen) atoms. The third kappa shape index (κ3) is 5.92. The molecule has 3 heteroatoms. The Morgan fingerprint density at radius 3 is 2.67 bits per heavy atom. The first-order valence-corrected chi connectivity index (χ1v) is 11.4. The molecule has 0 saturated heterocycles. The Balaban J connectivity index is 1.45. The minimum absolute atomic E-state index is 0.229. The van der Waals surface area contributed by atoms with Crippen LogP contribution in [0.2, 0.25) is 0 Å². The molecule has 3 nitrogen and oxygen atoms in total. The first-order chi connectivity index (χ1) is 13.0. The summed E-state index contributed by atoms with van der Waals surface area (Å²) in [5.41, 5.74) is 1.62. The predicted molar refractivity (Wildman–Crippen MR) is 113 cm³/mol. The summed E-state index contributed by atoms with van der Waals surface area (Å²) in [4.78, 5) is 2.26. The summed E-state index contributed by atoms with van der Waals surface area (Å²) in [6.45, 7) is 1.19. The summed E-state index contributed by atoms with van der Waals surface area (Å²) in [5, 5.41) is 21.1. The summed E-state index contributed by atoms with van der Waals surface area (Å²) in [6.07, 6.45) is 19.5. The van der Waals surface area contributed by atoms with E-state index in [9.17, 15) is 10.2 Å². The van der Waals surface area contributed by atoms with Crippen molar-refractivity contribution in [1.82, 2.24) is 4.90 Å². The maximum Gasteiger partial charge on any atom is 0.0749 e. The lowest BCUT2D eigenvalue weighted by atomic mass is 9.83. The predicted octanol–water partition coefficient (Wildman–Crippen LogP) is 4.55. The van der Waals surface area contributed by atoms with Gasteiger partial charge in [0, 0.05) is 5.92 Å². The molecule has 0 heterocycles. The number of hydrogen-bond donors (Lipinski definition) is 2. The Kier molecular flexibility index (Phi) is 7.98. The van der Waals surface area contributed by atoms with E-state index in [1.54, 1.807) is 5.57 Å². The van der Waals surface area contributed by atoms with Crippen molar-refractivity contribution in [3.8, 4) is 0 Å². The van der Waals surface area contributed by atoms with Crippen LogP contribution in [0.25, 0.3) is 0 Å². The van der Waals surface area contributed by atoms with Gasteiger partial charge in [-0.1, -0.05) is 49.5 Å². The molecule has 0 unspecified atom stereocenters. The second kappa shape index (κ2) is 10.2. The fourth-order valence-electron chi connectivity index (χ4n) is 5.62. The summed E-state index contributed by atoms with van der Waals surface area (Å²) >= 11 is 0. The van der Waals surface area contributed by atoms with Crippen molar-refractivity contribution >= 4 is 0 Å². The highest BCUT2D eigenvalue weighted by Gasteiger charge is 2.43. The van der Waals surface area contributed by atoms with Crippen LogP contribution in [-0.4, -0.2) is 48.0 Å². The van der Waals surface area contributed by atoms with Gasteiger partial charge in [-0.25, -0.2) is 0 Å². The molecule has 3 rings (SSSR count). The van der Waals surface area contributed by atoms with Gasteiger partial charge in [0.25, 0.3) is 0 Å². The zero-order valence-corrected chi connectivity index (χ0v) is 17.5. The van der Waals surface area contributed by atoms with Gasteiger partial charge in [0.2, 0.25) is 0 Å². The third-order valence-electron chi connectivity index (χ3n) is 7.22. The second-order valence-electron chi connectivity index (χ2n) is 9.62. The molecule has 2 saturated carbocycles. The van der Waals surface area contributed by atoms with E-state index in [4.69, 9.17) is 0 Å². The van der Waals surface area contributed by atoms with Gasteiger partial charge >= 0.3 is 0 Å². The monoisotopic (exact) mass is 375 g/mol. The highest BCUT2D eigenvalue weighted by Crippen LogP contribution is 2.48. The Morgan fingerprint density at radius 2 is 1.93 bits per heavy atom. The molecule has 0 aromatic heterocycles. The molecule has 2 N–H and O–H groups in total. The number of fused-ring (bicyclic) bond motifs is 1. The minimum atomic E-state index is -0.318. The van der Waals surface area contributed by atoms with Gasteiger partial charge in [-0.3, -0.25) is 0 Å². The smallest absolute Gasteiger partial charge is 0.0749 e. The van der Waals surface area contributed by atoms with E-state index in [2.05, 4.69) is 31.1 Å². The topological polar surface area (TPSA) is 43.7 Å². The van der Waals surface area contributed by atoms with Crippen LogP contribution in [0.5, 0.6) is 0 Å². The van der Waals surface area contributed by atoms with Crippen molar-refractivity contribution < 1.29 is 10.2 Å². The molecular formula is C24H41NO2. The number of aliphatic hydroxyl groups is 2. The zero-order chi connectivity index (χ0) is 19.2. The van der Waals surface area contributed by atoms with Crippen LogP contribution in [0.1, 0.15) is 70.6 Å². The van der Waals surface area contributed by atoms with Crippen molar-refractivity contribution in [3.63, 3.8) is 0 Å². The van der Waals surface area contributed by atoms with Crippen molar-refractivity contribution in [1.29, 1.82) is 0 Å². The molecule has 0 bridgehead atoms. The Hall–Kier alpha value is -0.640. The molecule has 3 aliphatic carbocycles. The van der Waals surface area contributed by atoms with Crippen LogP contribution in [0.3, 0.4) is 0 Å². The van der Waals surface area contributed by atoms with Crippen molar-refractivity contribution in [2.24, 2.45) is 23.7 Å². The summed E-state index contributed by atoms with van der Waals surface area (Å²) in [7, 11) is 4.29. The van der Waals surface area contributed by atoms with E-state index in [0.717, 1.165) is 25.7 Å². The second-order valence-corrected chi connectivity index (χ2v) is 9.62. The minimum Gasteiger partial charge on any atom is -0.392 e. The van der Waals surface area contributed by atoms with Crippen LogP contribution in [-0.2, 0) is 0 Å². The van der Waals surface area contributed by atoms with E-state index < -0.39 is 0 Å². The molecule has 0 spiro atoms. The molecule has 2 fully saturated rings. The maximum absolute atomic E-state index is 10.5. The average molecular weight is 376 g/mol. The standard InChI is InChI=1S/C24H41NO2/c1-25(2)14-8-4-5-9-18-15-20-17-24(27)21(22(20)16-18)12-13-23(26)19-10-6-3-7-11-19/h12-13,15,19-24,26-27H,3-11,14,16-17H2,1-2H3/t20-,21+,22-,23+,24+/m0/s1. The fraction of sp³-hybridized carbons (Fsp3) is 0.833. The van der Waals surface area contributed by atoms with Gasteiger partial charge in [0.15, 0.2) is 0 Å². The first kappa shape index (κ1) is 21.1. The largest absolute Gasteiger partial charge is 0.392 e. The average Bonchev–Trinajstić information content (AvgIpc) is 3.16. The number of allylic oxidation sites excluding steroid dienone is 2. The van der Waals surface area contributed by atoms with Crippen LogP contribution < -0.4 is 0 Å². The molecular weight excluding hydrogens is 334 g/mol. The van der Waals surface area contributed by atoms with Gasteiger partial charge in [-0.2, -0.15) is 0 Å². The lowest BCUT2D eigenvalue weighted by molar-refractivity contribution is 0.120. The quantitative estimate of drug-likeness (QED) is 0.459. The number of unbranched alkanes of at least 4 members (excludes halogenated alkanes) is 2. The van der Waals surface area contributed by atoms with Crippen molar-refractivity contribution in [2.75, 3.05) is 20.6 Å². The number of aliphatic hydroxyl groups excluding tert-OH is 2. The third-order valence-corrected chi connectivity index (χ3v) is 7.22. The zero-order valence-electron chi connectivity index (χ0n) is 17.5. The highest BCUT2D eigenvalue weighted by atomic mass is 16.3. The normalized spacial score (nSPS) is 33.0. The lowest BCUT2D eigenvalue weighted by Crippen LogP contribution is -2.22. The van der Waals surface area contributed by atoms with Gasteiger partial charge in [-0.15, -0.1) is 0 Å². The van der Waals surface area contributed by atoms with Crippen LogP contribution in [0, 0.1) is 23.7 Å². The summed E-state index contributed by atoms with van der Waals surface area (Å²) in [5.74, 6) is 1.78. The number of rotatable bonds is 9. The molecule has 0 aliphatic heterocycles. The first-order valence-electron chi connectivity index (χ1n) is 11.4. The SMILES string of the molecule is CN(C)CCCCCC1=C[C@H]2C[C@@H](O)[C@H](C=C[C@@H](O)C3CCCCC3)[C@H]2C1. The summed E-state index contributed by atoms with van der Waals surface area (Å²) < 4.78 is 0. The van der Waals surface area contributed by atoms with Gasteiger partial charge in [0.1, 0.15) is 0 Å². The fourth-order valence-corrected chi connectivity index (χ4v) is 5.62. The van der Waals surface area contributed by atoms with Gasteiger partial charge in [0.05, 0.1) is 12.2 Å². The Bertz CT molecular complexity index is 507. The van der Waals surface area contributed by atoms with Gasteiger partial charge < -0.3 is 15.1 Å². The molecule has 0 amide bonds. The molecule has 5 atom stereocenters. The van der Waals surface area contributed by atoms with Crippen molar-refractivity contribution in [3.05, 3.63) is 23.8 Å². The van der Waals surface area contributed by atoms with E-state index in [1.165, 1.54) is 51.5 Å². The molecule has 0 aromatic carbocycles. The summed E-state index contributed by atoms with van der Waals surface area (Å²) in [6, 6.07) is 0. The Labute approximate surface area is 166 Å². The van der Waals surface area contributed by atoms with Crippen LogP contribution >= 0.6 is 0 Å². The van der Waals surface area contributed by atoms with Crippen LogP contribution in [0.4, 0.5) is 0 Å². The van der Waals surface area contributed by atoms with E-state index in [-0.39, 0.29) is 18.1 Å². The molecule has 0 radical (unpaired) electrons. The lowest BCUT2D eigenvalue weighted by Gasteiger charge is -2.25. The molecule has 0 aromatic rings. The number of nitrogens with zero attached hydrogens (tertiary/aromatic N) is 1. The molecule has 154 valence electrons. The van der Waals surface area contributed by atoms with E-state index >= 15 is 0 Å². The van der Waals surface area contributed by atoms with E-state index in [1.807, 2.05) is 6.08 Å². The van der Waals surface area contributed by atoms with E-state index in [0.29, 0.717) is 17.8 Å². The maximum atomic E-state index is 10.5. The molecule has 3 aliphatic rings. The van der Waals surface area contributed by atoms with Gasteiger partial charge in [-0.05, 0) is 83.3 Å². The van der Waals surface area contributed by atoms with Crippen molar-refractivity contribution in [2.45, 2.75) is 82.8 Å². The van der Waals surface area contributed by atoms with Crippen LogP contribution in [0.15, 0.2) is 23.8 Å². The number of hydrogen-bond acceptors (Lipinski definition) is 3. The highest BCUT2D eigenvalue weighted by molar-refractivity contribution is 5.21.